The van der Waals surface area contributed by atoms with E-state index in [4.69, 9.17) is 0 Å². The fourth-order valence-electron chi connectivity index (χ4n) is 1.29. The Hall–Kier alpha value is -0.300. The lowest BCUT2D eigenvalue weighted by atomic mass is 10.1. The number of hydrogen-bond donors (Lipinski definition) is 1. The summed E-state index contributed by atoms with van der Waals surface area (Å²) in [5.41, 5.74) is 0. The average molecular weight is 167 g/mol. The van der Waals surface area contributed by atoms with Crippen LogP contribution in [0.3, 0.4) is 0 Å². The quantitative estimate of drug-likeness (QED) is 0.547. The van der Waals surface area contributed by atoms with Gasteiger partial charge in [0, 0.05) is 0 Å². The van der Waals surface area contributed by atoms with Crippen LogP contribution >= 0.6 is 0 Å². The SMILES string of the molecule is C1=C\CCCCCC/1.C1CNC1. The average Bonchev–Trinajstić information content (AvgIpc) is 1.79. The van der Waals surface area contributed by atoms with Crippen LogP contribution in [0.5, 0.6) is 0 Å². The van der Waals surface area contributed by atoms with Crippen LogP contribution in [-0.2, 0) is 0 Å². The van der Waals surface area contributed by atoms with E-state index in [0.29, 0.717) is 0 Å². The first-order valence-electron chi connectivity index (χ1n) is 5.36. The first-order chi connectivity index (χ1) is 6.00. The van der Waals surface area contributed by atoms with E-state index in [0.717, 1.165) is 0 Å². The highest BCUT2D eigenvalue weighted by Gasteiger charge is 1.92. The Morgan fingerprint density at radius 1 is 0.667 bits per heavy atom. The van der Waals surface area contributed by atoms with Crippen LogP contribution < -0.4 is 5.32 Å². The monoisotopic (exact) mass is 167 g/mol. The molecule has 1 aliphatic carbocycles. The first-order valence-corrected chi connectivity index (χ1v) is 5.36. The van der Waals surface area contributed by atoms with Crippen molar-refractivity contribution in [2.24, 2.45) is 0 Å². The lowest BCUT2D eigenvalue weighted by Crippen LogP contribution is -2.29. The Balaban J connectivity index is 0.000000150. The van der Waals surface area contributed by atoms with E-state index >= 15 is 0 Å². The maximum Gasteiger partial charge on any atom is -0.00368 e. The highest BCUT2D eigenvalue weighted by atomic mass is 14.9. The fourth-order valence-corrected chi connectivity index (χ4v) is 1.29. The Bertz CT molecular complexity index is 100. The van der Waals surface area contributed by atoms with Gasteiger partial charge in [0.2, 0.25) is 0 Å². The van der Waals surface area contributed by atoms with Crippen LogP contribution in [-0.4, -0.2) is 13.1 Å². The van der Waals surface area contributed by atoms with E-state index in [1.165, 1.54) is 58.0 Å². The molecule has 0 spiro atoms. The molecular weight excluding hydrogens is 146 g/mol. The van der Waals surface area contributed by atoms with Crippen molar-refractivity contribution in [2.75, 3.05) is 13.1 Å². The molecule has 1 heteroatoms. The second-order valence-electron chi connectivity index (χ2n) is 3.57. The molecule has 0 radical (unpaired) electrons. The summed E-state index contributed by atoms with van der Waals surface area (Å²) in [5.74, 6) is 0. The maximum atomic E-state index is 3.11. The van der Waals surface area contributed by atoms with Crippen LogP contribution in [0.25, 0.3) is 0 Å². The lowest BCUT2D eigenvalue weighted by Gasteiger charge is -2.09. The van der Waals surface area contributed by atoms with E-state index < -0.39 is 0 Å². The molecule has 1 saturated heterocycles. The number of hydrogen-bond acceptors (Lipinski definition) is 1. The van der Waals surface area contributed by atoms with Crippen LogP contribution in [0.4, 0.5) is 0 Å². The van der Waals surface area contributed by atoms with Gasteiger partial charge in [0.05, 0.1) is 0 Å². The van der Waals surface area contributed by atoms with E-state index in [1.54, 1.807) is 0 Å². The number of allylic oxidation sites excluding steroid dienone is 2. The summed E-state index contributed by atoms with van der Waals surface area (Å²) in [6.07, 6.45) is 14.4. The van der Waals surface area contributed by atoms with Crippen molar-refractivity contribution < 1.29 is 0 Å². The molecule has 0 aromatic heterocycles. The van der Waals surface area contributed by atoms with Gasteiger partial charge in [0.25, 0.3) is 0 Å². The molecule has 0 bridgehead atoms. The molecule has 0 aromatic carbocycles. The molecule has 0 atom stereocenters. The zero-order valence-electron chi connectivity index (χ0n) is 8.02. The zero-order valence-corrected chi connectivity index (χ0v) is 8.02. The normalized spacial score (nSPS) is 25.3. The van der Waals surface area contributed by atoms with Crippen LogP contribution in [0.15, 0.2) is 12.2 Å². The van der Waals surface area contributed by atoms with Crippen molar-refractivity contribution in [1.29, 1.82) is 0 Å². The minimum atomic E-state index is 1.25. The molecule has 0 unspecified atom stereocenters. The van der Waals surface area contributed by atoms with Gasteiger partial charge in [0.15, 0.2) is 0 Å². The highest BCUT2D eigenvalue weighted by Crippen LogP contribution is 2.09. The molecule has 1 aliphatic heterocycles. The molecule has 12 heavy (non-hydrogen) atoms. The number of rotatable bonds is 0. The summed E-state index contributed by atoms with van der Waals surface area (Å²) in [4.78, 5) is 0. The minimum absolute atomic E-state index is 1.25. The van der Waals surface area contributed by atoms with Crippen molar-refractivity contribution >= 4 is 0 Å². The fraction of sp³-hybridized carbons (Fsp3) is 0.818. The van der Waals surface area contributed by atoms with Gasteiger partial charge in [-0.15, -0.1) is 0 Å². The summed E-state index contributed by atoms with van der Waals surface area (Å²) in [6.45, 7) is 2.50. The smallest absolute Gasteiger partial charge is 0.00368 e. The highest BCUT2D eigenvalue weighted by molar-refractivity contribution is 4.82. The summed E-state index contributed by atoms with van der Waals surface area (Å²) in [5, 5.41) is 3.11. The first kappa shape index (κ1) is 9.79. The van der Waals surface area contributed by atoms with Gasteiger partial charge in [-0.25, -0.2) is 0 Å². The standard InChI is InChI=1S/C8H14.C3H7N/c1-2-4-6-8-7-5-3-1;1-2-4-3-1/h1-2H,3-8H2;4H,1-3H2/b2-1-;. The Morgan fingerprint density at radius 2 is 1.08 bits per heavy atom. The third-order valence-electron chi connectivity index (χ3n) is 2.37. The van der Waals surface area contributed by atoms with Gasteiger partial charge in [-0.2, -0.15) is 0 Å². The second kappa shape index (κ2) is 7.35. The molecular formula is C11H21N. The molecule has 1 fully saturated rings. The minimum Gasteiger partial charge on any atom is -0.317 e. The van der Waals surface area contributed by atoms with Crippen molar-refractivity contribution in [3.05, 3.63) is 12.2 Å². The van der Waals surface area contributed by atoms with Gasteiger partial charge in [-0.05, 0) is 45.2 Å². The van der Waals surface area contributed by atoms with E-state index in [-0.39, 0.29) is 0 Å². The van der Waals surface area contributed by atoms with Gasteiger partial charge < -0.3 is 5.32 Å². The van der Waals surface area contributed by atoms with Gasteiger partial charge in [0.1, 0.15) is 0 Å². The lowest BCUT2D eigenvalue weighted by molar-refractivity contribution is 0.527. The van der Waals surface area contributed by atoms with Gasteiger partial charge in [-0.3, -0.25) is 0 Å². The van der Waals surface area contributed by atoms with Gasteiger partial charge >= 0.3 is 0 Å². The molecule has 1 nitrogen and oxygen atoms in total. The molecule has 2 rings (SSSR count). The molecule has 70 valence electrons. The predicted molar refractivity (Wildman–Crippen MR) is 54.3 cm³/mol. The second-order valence-corrected chi connectivity index (χ2v) is 3.57. The van der Waals surface area contributed by atoms with Crippen LogP contribution in [0.2, 0.25) is 0 Å². The van der Waals surface area contributed by atoms with Crippen molar-refractivity contribution in [2.45, 2.75) is 44.9 Å². The Labute approximate surface area is 76.2 Å². The molecule has 0 amide bonds. The van der Waals surface area contributed by atoms with Crippen LogP contribution in [0.1, 0.15) is 44.9 Å². The number of nitrogens with one attached hydrogen (secondary N) is 1. The largest absolute Gasteiger partial charge is 0.317 e. The van der Waals surface area contributed by atoms with Crippen molar-refractivity contribution in [3.63, 3.8) is 0 Å². The van der Waals surface area contributed by atoms with Crippen molar-refractivity contribution in [3.8, 4) is 0 Å². The summed E-state index contributed by atoms with van der Waals surface area (Å²) >= 11 is 0. The van der Waals surface area contributed by atoms with Crippen molar-refractivity contribution in [1.82, 2.24) is 5.32 Å². The molecule has 0 saturated carbocycles. The molecule has 2 aliphatic rings. The summed E-state index contributed by atoms with van der Waals surface area (Å²) in [6, 6.07) is 0. The Kier molecular flexibility index (Phi) is 6.00. The maximum absolute atomic E-state index is 3.11. The van der Waals surface area contributed by atoms with E-state index in [9.17, 15) is 0 Å². The predicted octanol–water partition coefficient (Wildman–Crippen LogP) is 2.88. The molecule has 1 heterocycles. The van der Waals surface area contributed by atoms with E-state index in [1.807, 2.05) is 0 Å². The molecule has 1 N–H and O–H groups in total. The van der Waals surface area contributed by atoms with Gasteiger partial charge in [-0.1, -0.05) is 25.0 Å². The van der Waals surface area contributed by atoms with Crippen LogP contribution in [0, 0.1) is 0 Å². The zero-order chi connectivity index (χ0) is 8.49. The third kappa shape index (κ3) is 5.36. The third-order valence-corrected chi connectivity index (χ3v) is 2.37. The topological polar surface area (TPSA) is 12.0 Å². The van der Waals surface area contributed by atoms with E-state index in [2.05, 4.69) is 17.5 Å². The molecule has 0 aromatic rings. The Morgan fingerprint density at radius 3 is 1.42 bits per heavy atom. The summed E-state index contributed by atoms with van der Waals surface area (Å²) < 4.78 is 0. The summed E-state index contributed by atoms with van der Waals surface area (Å²) in [7, 11) is 0.